The second-order valence-electron chi connectivity index (χ2n) is 5.61. The predicted octanol–water partition coefficient (Wildman–Crippen LogP) is 2.85. The molecule has 0 spiro atoms. The van der Waals surface area contributed by atoms with Gasteiger partial charge in [0.25, 0.3) is 5.91 Å². The van der Waals surface area contributed by atoms with Crippen molar-refractivity contribution in [3.8, 4) is 0 Å². The molecule has 0 aliphatic carbocycles. The van der Waals surface area contributed by atoms with Gasteiger partial charge in [0.05, 0.1) is 0 Å². The normalized spacial score (nSPS) is 10.7. The van der Waals surface area contributed by atoms with Gasteiger partial charge >= 0.3 is 0 Å². The monoisotopic (exact) mass is 470 g/mol. The van der Waals surface area contributed by atoms with Gasteiger partial charge in [-0.1, -0.05) is 29.8 Å². The summed E-state index contributed by atoms with van der Waals surface area (Å²) in [6, 6.07) is 13.8. The Morgan fingerprint density at radius 2 is 1.77 bits per heavy atom. The zero-order chi connectivity index (χ0) is 18.1. The van der Waals surface area contributed by atoms with Crippen LogP contribution in [0.2, 0.25) is 0 Å². The Labute approximate surface area is 170 Å². The summed E-state index contributed by atoms with van der Waals surface area (Å²) in [5.74, 6) is 0.225. The minimum atomic E-state index is -0.263. The number of halogens is 2. The minimum Gasteiger partial charge on any atom is -0.355 e. The molecule has 0 saturated carbocycles. The summed E-state index contributed by atoms with van der Waals surface area (Å²) in [5.41, 5.74) is 2.53. The van der Waals surface area contributed by atoms with Crippen LogP contribution in [0.1, 0.15) is 21.5 Å². The fraction of sp³-hybridized carbons (Fsp3) is 0.263. The maximum Gasteiger partial charge on any atom is 0.251 e. The van der Waals surface area contributed by atoms with Gasteiger partial charge in [0, 0.05) is 32.2 Å². The summed E-state index contributed by atoms with van der Waals surface area (Å²) >= 11 is 0. The molecular formula is C19H24FIN4O. The van der Waals surface area contributed by atoms with Crippen molar-refractivity contribution in [2.45, 2.75) is 13.5 Å². The highest BCUT2D eigenvalue weighted by molar-refractivity contribution is 14.0. The number of nitrogens with zero attached hydrogens (tertiary/aromatic N) is 1. The van der Waals surface area contributed by atoms with E-state index in [1.165, 1.54) is 12.1 Å². The number of hydrogen-bond donors (Lipinski definition) is 3. The average Bonchev–Trinajstić information content (AvgIpc) is 2.61. The second-order valence-corrected chi connectivity index (χ2v) is 5.61. The van der Waals surface area contributed by atoms with Crippen molar-refractivity contribution in [3.05, 3.63) is 71.0 Å². The number of nitrogens with one attached hydrogen (secondary N) is 3. The summed E-state index contributed by atoms with van der Waals surface area (Å²) in [6.07, 6.45) is 0. The van der Waals surface area contributed by atoms with Gasteiger partial charge in [-0.05, 0) is 36.8 Å². The molecule has 0 atom stereocenters. The molecule has 0 aromatic heterocycles. The standard InChI is InChI=1S/C19H23FN4O.HI/c1-14-5-3-7-16(11-14)18(25)22-9-10-23-19(21-2)24-13-15-6-4-8-17(20)12-15;/h3-8,11-12H,9-10,13H2,1-2H3,(H,22,25)(H2,21,23,24);1H. The molecule has 0 fully saturated rings. The van der Waals surface area contributed by atoms with E-state index in [1.807, 2.05) is 31.2 Å². The van der Waals surface area contributed by atoms with E-state index in [0.717, 1.165) is 11.1 Å². The maximum absolute atomic E-state index is 13.1. The first-order chi connectivity index (χ1) is 12.1. The third-order valence-electron chi connectivity index (χ3n) is 3.56. The highest BCUT2D eigenvalue weighted by Gasteiger charge is 2.04. The van der Waals surface area contributed by atoms with Crippen LogP contribution in [0.15, 0.2) is 53.5 Å². The Morgan fingerprint density at radius 1 is 1.04 bits per heavy atom. The van der Waals surface area contributed by atoms with Gasteiger partial charge < -0.3 is 16.0 Å². The van der Waals surface area contributed by atoms with Gasteiger partial charge in [0.15, 0.2) is 5.96 Å². The van der Waals surface area contributed by atoms with Crippen molar-refractivity contribution < 1.29 is 9.18 Å². The van der Waals surface area contributed by atoms with Crippen LogP contribution in [-0.2, 0) is 6.54 Å². The number of guanidine groups is 1. The third kappa shape index (κ3) is 7.38. The van der Waals surface area contributed by atoms with Crippen LogP contribution in [0.4, 0.5) is 4.39 Å². The number of carbonyl (C=O) groups is 1. The van der Waals surface area contributed by atoms with Crippen LogP contribution in [0.25, 0.3) is 0 Å². The molecule has 0 bridgehead atoms. The van der Waals surface area contributed by atoms with Gasteiger partial charge in [-0.3, -0.25) is 9.79 Å². The lowest BCUT2D eigenvalue weighted by molar-refractivity contribution is 0.0954. The Bertz CT molecular complexity index is 752. The molecule has 0 saturated heterocycles. The van der Waals surface area contributed by atoms with E-state index in [0.29, 0.717) is 31.2 Å². The molecule has 0 aliphatic rings. The van der Waals surface area contributed by atoms with Gasteiger partial charge in [0.2, 0.25) is 0 Å². The SMILES string of the molecule is CN=C(NCCNC(=O)c1cccc(C)c1)NCc1cccc(F)c1.I. The van der Waals surface area contributed by atoms with Crippen molar-refractivity contribution in [2.75, 3.05) is 20.1 Å². The molecule has 7 heteroatoms. The summed E-state index contributed by atoms with van der Waals surface area (Å²) in [7, 11) is 1.66. The minimum absolute atomic E-state index is 0. The zero-order valence-electron chi connectivity index (χ0n) is 14.9. The molecule has 0 heterocycles. The van der Waals surface area contributed by atoms with E-state index in [1.54, 1.807) is 19.2 Å². The van der Waals surface area contributed by atoms with Gasteiger partial charge in [-0.2, -0.15) is 0 Å². The number of benzene rings is 2. The van der Waals surface area contributed by atoms with E-state index in [2.05, 4.69) is 20.9 Å². The maximum atomic E-state index is 13.1. The molecule has 2 aromatic carbocycles. The van der Waals surface area contributed by atoms with E-state index in [-0.39, 0.29) is 35.7 Å². The molecule has 2 rings (SSSR count). The lowest BCUT2D eigenvalue weighted by Gasteiger charge is -2.12. The van der Waals surface area contributed by atoms with Crippen molar-refractivity contribution in [1.29, 1.82) is 0 Å². The quantitative estimate of drug-likeness (QED) is 0.263. The van der Waals surface area contributed by atoms with Crippen molar-refractivity contribution >= 4 is 35.8 Å². The highest BCUT2D eigenvalue weighted by atomic mass is 127. The molecule has 0 radical (unpaired) electrons. The Morgan fingerprint density at radius 3 is 2.46 bits per heavy atom. The van der Waals surface area contributed by atoms with Gasteiger partial charge in [-0.25, -0.2) is 4.39 Å². The lowest BCUT2D eigenvalue weighted by Crippen LogP contribution is -2.41. The van der Waals surface area contributed by atoms with E-state index < -0.39 is 0 Å². The molecule has 26 heavy (non-hydrogen) atoms. The number of carbonyl (C=O) groups excluding carboxylic acids is 1. The van der Waals surface area contributed by atoms with E-state index in [9.17, 15) is 9.18 Å². The average molecular weight is 470 g/mol. The van der Waals surface area contributed by atoms with Crippen molar-refractivity contribution in [3.63, 3.8) is 0 Å². The van der Waals surface area contributed by atoms with Crippen molar-refractivity contribution in [2.24, 2.45) is 4.99 Å². The molecule has 0 unspecified atom stereocenters. The smallest absolute Gasteiger partial charge is 0.251 e. The summed E-state index contributed by atoms with van der Waals surface area (Å²) < 4.78 is 13.1. The number of hydrogen-bond acceptors (Lipinski definition) is 2. The summed E-state index contributed by atoms with van der Waals surface area (Å²) in [6.45, 7) is 3.41. The van der Waals surface area contributed by atoms with Crippen LogP contribution in [-0.4, -0.2) is 32.0 Å². The summed E-state index contributed by atoms with van der Waals surface area (Å²) in [4.78, 5) is 16.1. The Hall–Kier alpha value is -2.16. The first-order valence-corrected chi connectivity index (χ1v) is 8.12. The largest absolute Gasteiger partial charge is 0.355 e. The van der Waals surface area contributed by atoms with Crippen molar-refractivity contribution in [1.82, 2.24) is 16.0 Å². The fourth-order valence-corrected chi connectivity index (χ4v) is 2.30. The molecular weight excluding hydrogens is 446 g/mol. The first kappa shape index (κ1) is 21.9. The Balaban J connectivity index is 0.00000338. The number of aliphatic imine (C=N–C) groups is 1. The molecule has 5 nitrogen and oxygen atoms in total. The first-order valence-electron chi connectivity index (χ1n) is 8.12. The van der Waals surface area contributed by atoms with Crippen LogP contribution in [0.5, 0.6) is 0 Å². The van der Waals surface area contributed by atoms with Crippen LogP contribution in [0, 0.1) is 12.7 Å². The lowest BCUT2D eigenvalue weighted by atomic mass is 10.1. The fourth-order valence-electron chi connectivity index (χ4n) is 2.30. The topological polar surface area (TPSA) is 65.5 Å². The number of aryl methyl sites for hydroxylation is 1. The van der Waals surface area contributed by atoms with E-state index in [4.69, 9.17) is 0 Å². The van der Waals surface area contributed by atoms with Crippen LogP contribution >= 0.6 is 24.0 Å². The highest BCUT2D eigenvalue weighted by Crippen LogP contribution is 2.03. The molecule has 0 aliphatic heterocycles. The third-order valence-corrected chi connectivity index (χ3v) is 3.56. The van der Waals surface area contributed by atoms with Crippen LogP contribution < -0.4 is 16.0 Å². The van der Waals surface area contributed by atoms with Crippen LogP contribution in [0.3, 0.4) is 0 Å². The summed E-state index contributed by atoms with van der Waals surface area (Å²) in [5, 5.41) is 9.06. The molecule has 140 valence electrons. The van der Waals surface area contributed by atoms with E-state index >= 15 is 0 Å². The second kappa shape index (κ2) is 11.5. The predicted molar refractivity (Wildman–Crippen MR) is 114 cm³/mol. The molecule has 1 amide bonds. The van der Waals surface area contributed by atoms with Gasteiger partial charge in [-0.15, -0.1) is 24.0 Å². The zero-order valence-corrected chi connectivity index (χ0v) is 17.2. The molecule has 2 aromatic rings. The number of rotatable bonds is 6. The number of amides is 1. The molecule has 3 N–H and O–H groups in total. The van der Waals surface area contributed by atoms with Gasteiger partial charge in [0.1, 0.15) is 5.82 Å². The Kier molecular flexibility index (Phi) is 9.64.